The molecule has 1 aliphatic heterocycles. The van der Waals surface area contributed by atoms with E-state index >= 15 is 0 Å². The Balaban J connectivity index is 1.56. The molecule has 0 amide bonds. The Morgan fingerprint density at radius 1 is 1.58 bits per heavy atom. The molecule has 1 aliphatic rings. The van der Waals surface area contributed by atoms with Crippen molar-refractivity contribution >= 4 is 10.0 Å². The second-order valence-electron chi connectivity index (χ2n) is 4.40. The molecule has 19 heavy (non-hydrogen) atoms. The van der Waals surface area contributed by atoms with E-state index in [1.54, 1.807) is 0 Å². The highest BCUT2D eigenvalue weighted by Crippen LogP contribution is 2.11. The van der Waals surface area contributed by atoms with Gasteiger partial charge in [-0.15, -0.1) is 0 Å². The molecule has 1 unspecified atom stereocenters. The lowest BCUT2D eigenvalue weighted by atomic mass is 10.2. The van der Waals surface area contributed by atoms with Gasteiger partial charge in [-0.2, -0.15) is 5.10 Å². The molecule has 0 bridgehead atoms. The standard InChI is InChI=1S/C11H19N3O4S/c15-19(16,11-7-12-13-8-11)14-4-2-5-17-9-10-3-1-6-18-10/h7-8,10,14H,1-6,9H2,(H,12,13). The van der Waals surface area contributed by atoms with Crippen molar-refractivity contribution < 1.29 is 17.9 Å². The molecule has 1 atom stereocenters. The molecule has 1 fully saturated rings. The molecule has 2 N–H and O–H groups in total. The summed E-state index contributed by atoms with van der Waals surface area (Å²) in [5, 5.41) is 6.08. The van der Waals surface area contributed by atoms with E-state index in [1.165, 1.54) is 12.4 Å². The van der Waals surface area contributed by atoms with E-state index < -0.39 is 10.0 Å². The van der Waals surface area contributed by atoms with Crippen LogP contribution in [0.15, 0.2) is 17.3 Å². The zero-order chi connectivity index (χ0) is 13.6. The van der Waals surface area contributed by atoms with Crippen molar-refractivity contribution in [1.29, 1.82) is 0 Å². The third-order valence-electron chi connectivity index (χ3n) is 2.87. The molecular formula is C11H19N3O4S. The number of H-pyrrole nitrogens is 1. The Morgan fingerprint density at radius 3 is 3.16 bits per heavy atom. The smallest absolute Gasteiger partial charge is 0.243 e. The lowest BCUT2D eigenvalue weighted by molar-refractivity contribution is 0.0169. The van der Waals surface area contributed by atoms with E-state index in [2.05, 4.69) is 14.9 Å². The maximum Gasteiger partial charge on any atom is 0.243 e. The summed E-state index contributed by atoms with van der Waals surface area (Å²) < 4.78 is 36.8. The third kappa shape index (κ3) is 4.57. The number of aromatic nitrogens is 2. The van der Waals surface area contributed by atoms with Crippen LogP contribution in [0.3, 0.4) is 0 Å². The number of rotatable bonds is 8. The number of aromatic amines is 1. The number of ether oxygens (including phenoxy) is 2. The fourth-order valence-corrected chi connectivity index (χ4v) is 2.82. The maximum absolute atomic E-state index is 11.7. The molecule has 108 valence electrons. The number of nitrogens with zero attached hydrogens (tertiary/aromatic N) is 1. The van der Waals surface area contributed by atoms with Crippen molar-refractivity contribution in [1.82, 2.24) is 14.9 Å². The topological polar surface area (TPSA) is 93.3 Å². The van der Waals surface area contributed by atoms with Gasteiger partial charge in [-0.25, -0.2) is 13.1 Å². The van der Waals surface area contributed by atoms with Gasteiger partial charge in [-0.05, 0) is 19.3 Å². The summed E-state index contributed by atoms with van der Waals surface area (Å²) in [6.07, 6.45) is 5.60. The molecule has 0 aliphatic carbocycles. The van der Waals surface area contributed by atoms with Gasteiger partial charge < -0.3 is 9.47 Å². The highest BCUT2D eigenvalue weighted by molar-refractivity contribution is 7.89. The van der Waals surface area contributed by atoms with Gasteiger partial charge in [0.2, 0.25) is 10.0 Å². The molecule has 0 radical (unpaired) electrons. The number of sulfonamides is 1. The minimum atomic E-state index is -3.44. The Bertz CT molecular complexity index is 454. The zero-order valence-electron chi connectivity index (χ0n) is 10.7. The summed E-state index contributed by atoms with van der Waals surface area (Å²) in [6.45, 7) is 2.28. The highest BCUT2D eigenvalue weighted by atomic mass is 32.2. The molecule has 1 saturated heterocycles. The molecular weight excluding hydrogens is 270 g/mol. The second-order valence-corrected chi connectivity index (χ2v) is 6.16. The zero-order valence-corrected chi connectivity index (χ0v) is 11.5. The van der Waals surface area contributed by atoms with Crippen LogP contribution in [0.25, 0.3) is 0 Å². The quantitative estimate of drug-likeness (QED) is 0.670. The molecule has 8 heteroatoms. The van der Waals surface area contributed by atoms with Crippen LogP contribution in [0.2, 0.25) is 0 Å². The van der Waals surface area contributed by atoms with E-state index in [4.69, 9.17) is 9.47 Å². The van der Waals surface area contributed by atoms with Crippen molar-refractivity contribution in [3.63, 3.8) is 0 Å². The van der Waals surface area contributed by atoms with Crippen LogP contribution < -0.4 is 4.72 Å². The fraction of sp³-hybridized carbons (Fsp3) is 0.727. The Kier molecular flexibility index (Phi) is 5.32. The van der Waals surface area contributed by atoms with Gasteiger partial charge in [0.05, 0.1) is 18.9 Å². The van der Waals surface area contributed by atoms with Crippen molar-refractivity contribution in [2.24, 2.45) is 0 Å². The lowest BCUT2D eigenvalue weighted by Gasteiger charge is -2.10. The summed E-state index contributed by atoms with van der Waals surface area (Å²) in [5.41, 5.74) is 0. The van der Waals surface area contributed by atoms with Crippen molar-refractivity contribution in [2.75, 3.05) is 26.4 Å². The molecule has 1 aromatic heterocycles. The number of hydrogen-bond acceptors (Lipinski definition) is 5. The first-order valence-electron chi connectivity index (χ1n) is 6.36. The van der Waals surface area contributed by atoms with Gasteiger partial charge in [0.15, 0.2) is 0 Å². The van der Waals surface area contributed by atoms with Crippen LogP contribution >= 0.6 is 0 Å². The summed E-state index contributed by atoms with van der Waals surface area (Å²) in [7, 11) is -3.44. The highest BCUT2D eigenvalue weighted by Gasteiger charge is 2.16. The van der Waals surface area contributed by atoms with Crippen LogP contribution in [0.5, 0.6) is 0 Å². The van der Waals surface area contributed by atoms with Gasteiger partial charge in [0, 0.05) is 26.0 Å². The van der Waals surface area contributed by atoms with E-state index in [-0.39, 0.29) is 11.0 Å². The molecule has 0 aromatic carbocycles. The molecule has 2 rings (SSSR count). The average molecular weight is 289 g/mol. The Hall–Kier alpha value is -0.960. The normalized spacial score (nSPS) is 19.9. The van der Waals surface area contributed by atoms with Crippen molar-refractivity contribution in [3.8, 4) is 0 Å². The van der Waals surface area contributed by atoms with Gasteiger partial charge in [-0.3, -0.25) is 5.10 Å². The maximum atomic E-state index is 11.7. The lowest BCUT2D eigenvalue weighted by Crippen LogP contribution is -2.25. The first-order valence-corrected chi connectivity index (χ1v) is 7.84. The molecule has 7 nitrogen and oxygen atoms in total. The molecule has 0 spiro atoms. The van der Waals surface area contributed by atoms with Crippen LogP contribution in [-0.4, -0.2) is 51.1 Å². The van der Waals surface area contributed by atoms with Crippen molar-refractivity contribution in [2.45, 2.75) is 30.3 Å². The van der Waals surface area contributed by atoms with Gasteiger partial charge in [0.1, 0.15) is 4.90 Å². The SMILES string of the molecule is O=S(=O)(NCCCOCC1CCCO1)c1cn[nH]c1. The monoisotopic (exact) mass is 289 g/mol. The molecule has 1 aromatic rings. The number of hydrogen-bond donors (Lipinski definition) is 2. The minimum absolute atomic E-state index is 0.146. The summed E-state index contributed by atoms with van der Waals surface area (Å²) >= 11 is 0. The summed E-state index contributed by atoms with van der Waals surface area (Å²) in [6, 6.07) is 0. The number of nitrogens with one attached hydrogen (secondary N) is 2. The van der Waals surface area contributed by atoms with Gasteiger partial charge in [-0.1, -0.05) is 0 Å². The summed E-state index contributed by atoms with van der Waals surface area (Å²) in [5.74, 6) is 0. The average Bonchev–Trinajstić information content (AvgIpc) is 3.05. The first kappa shape index (κ1) is 14.4. The van der Waals surface area contributed by atoms with Crippen molar-refractivity contribution in [3.05, 3.63) is 12.4 Å². The summed E-state index contributed by atoms with van der Waals surface area (Å²) in [4.78, 5) is 0.146. The predicted octanol–water partition coefficient (Wildman–Crippen LogP) is 0.274. The van der Waals surface area contributed by atoms with E-state index in [9.17, 15) is 8.42 Å². The van der Waals surface area contributed by atoms with Gasteiger partial charge in [0.25, 0.3) is 0 Å². The van der Waals surface area contributed by atoms with Crippen LogP contribution in [0.4, 0.5) is 0 Å². The largest absolute Gasteiger partial charge is 0.379 e. The van der Waals surface area contributed by atoms with E-state index in [0.717, 1.165) is 19.4 Å². The second kappa shape index (κ2) is 6.99. The fourth-order valence-electron chi connectivity index (χ4n) is 1.84. The van der Waals surface area contributed by atoms with E-state index in [1.807, 2.05) is 0 Å². The minimum Gasteiger partial charge on any atom is -0.379 e. The third-order valence-corrected chi connectivity index (χ3v) is 4.30. The Morgan fingerprint density at radius 2 is 2.47 bits per heavy atom. The van der Waals surface area contributed by atoms with Crippen LogP contribution in [0, 0.1) is 0 Å². The first-order chi connectivity index (χ1) is 9.18. The Labute approximate surface area is 112 Å². The van der Waals surface area contributed by atoms with Crippen LogP contribution in [-0.2, 0) is 19.5 Å². The molecule has 2 heterocycles. The van der Waals surface area contributed by atoms with Gasteiger partial charge >= 0.3 is 0 Å². The molecule has 0 saturated carbocycles. The predicted molar refractivity (Wildman–Crippen MR) is 68.2 cm³/mol. The van der Waals surface area contributed by atoms with E-state index in [0.29, 0.717) is 26.2 Å². The van der Waals surface area contributed by atoms with Crippen LogP contribution in [0.1, 0.15) is 19.3 Å².